The molecule has 1 heteroatoms. The summed E-state index contributed by atoms with van der Waals surface area (Å²) in [5.74, 6) is 0.690. The van der Waals surface area contributed by atoms with Gasteiger partial charge >= 0.3 is 0 Å². The lowest BCUT2D eigenvalue weighted by Crippen LogP contribution is -2.30. The molecule has 2 aromatic carbocycles. The summed E-state index contributed by atoms with van der Waals surface area (Å²) in [4.78, 5) is 0. The van der Waals surface area contributed by atoms with Crippen LogP contribution in [-0.4, -0.2) is 0 Å². The van der Waals surface area contributed by atoms with Crippen molar-refractivity contribution in [3.63, 3.8) is 0 Å². The summed E-state index contributed by atoms with van der Waals surface area (Å²) in [6.45, 7) is 6.84. The first-order chi connectivity index (χ1) is 12.0. The van der Waals surface area contributed by atoms with Crippen LogP contribution in [0, 0.1) is 12.8 Å². The van der Waals surface area contributed by atoms with Crippen LogP contribution in [0.3, 0.4) is 0 Å². The van der Waals surface area contributed by atoms with Gasteiger partial charge < -0.3 is 0 Å². The first-order valence-electron chi connectivity index (χ1n) is 9.57. The molecule has 0 unspecified atom stereocenters. The molecule has 0 atom stereocenters. The van der Waals surface area contributed by atoms with Crippen molar-refractivity contribution in [2.75, 3.05) is 0 Å². The van der Waals surface area contributed by atoms with Gasteiger partial charge in [0.25, 0.3) is 0 Å². The normalized spacial score (nSPS) is 13.6. The van der Waals surface area contributed by atoms with Crippen molar-refractivity contribution in [3.8, 4) is 11.3 Å². The van der Waals surface area contributed by atoms with Gasteiger partial charge in [0.2, 0.25) is 5.69 Å². The Morgan fingerprint density at radius 3 is 2.52 bits per heavy atom. The third-order valence-electron chi connectivity index (χ3n) is 5.54. The summed E-state index contributed by atoms with van der Waals surface area (Å²) >= 11 is 0. The largest absolute Gasteiger partial charge is 0.220 e. The molecule has 1 heterocycles. The van der Waals surface area contributed by atoms with Gasteiger partial charge in [-0.3, -0.25) is 0 Å². The zero-order valence-corrected chi connectivity index (χ0v) is 15.9. The number of nitrogens with zero attached hydrogens (tertiary/aromatic N) is 1. The molecule has 0 N–H and O–H groups in total. The van der Waals surface area contributed by atoms with E-state index in [0.717, 1.165) is 6.42 Å². The van der Waals surface area contributed by atoms with Crippen LogP contribution in [0.5, 0.6) is 0 Å². The molecular formula is C24H28N+. The topological polar surface area (TPSA) is 3.88 Å². The van der Waals surface area contributed by atoms with Crippen molar-refractivity contribution in [3.05, 3.63) is 64.8 Å². The fourth-order valence-electron chi connectivity index (χ4n) is 4.36. The van der Waals surface area contributed by atoms with Crippen LogP contribution in [0.25, 0.3) is 22.0 Å². The summed E-state index contributed by atoms with van der Waals surface area (Å²) in [6, 6.07) is 14.1. The van der Waals surface area contributed by atoms with Crippen LogP contribution in [0.2, 0.25) is 0 Å². The predicted octanol–water partition coefficient (Wildman–Crippen LogP) is 5.33. The Balaban J connectivity index is 1.91. The van der Waals surface area contributed by atoms with Gasteiger partial charge in [0.15, 0.2) is 6.20 Å². The van der Waals surface area contributed by atoms with E-state index in [4.69, 9.17) is 0 Å². The Hall–Kier alpha value is -2.15. The summed E-state index contributed by atoms with van der Waals surface area (Å²) in [5.41, 5.74) is 8.69. The number of benzene rings is 2. The second-order valence-corrected chi connectivity index (χ2v) is 8.08. The quantitative estimate of drug-likeness (QED) is 0.572. The molecule has 0 spiro atoms. The van der Waals surface area contributed by atoms with E-state index in [9.17, 15) is 0 Å². The van der Waals surface area contributed by atoms with Crippen molar-refractivity contribution < 1.29 is 4.57 Å². The first-order valence-corrected chi connectivity index (χ1v) is 9.57. The van der Waals surface area contributed by atoms with E-state index in [-0.39, 0.29) is 0 Å². The van der Waals surface area contributed by atoms with Gasteiger partial charge in [-0.2, -0.15) is 0 Å². The molecule has 0 bridgehead atoms. The Labute approximate surface area is 151 Å². The number of pyridine rings is 1. The molecule has 1 aliphatic carbocycles. The third-order valence-corrected chi connectivity index (χ3v) is 5.54. The minimum absolute atomic E-state index is 0.690. The Bertz CT molecular complexity index is 950. The Kier molecular flexibility index (Phi) is 4.11. The standard InChI is InChI=1S/C24H28N/c1-16(2)12-18-8-9-22-21(14-18)10-11-25(4)24(22)23-15-20-7-5-6-19(20)13-17(23)3/h8-11,13-16H,5-7,12H2,1-4H3/q+1. The third kappa shape index (κ3) is 2.97. The number of rotatable bonds is 3. The van der Waals surface area contributed by atoms with E-state index >= 15 is 0 Å². The van der Waals surface area contributed by atoms with E-state index in [1.54, 1.807) is 11.1 Å². The highest BCUT2D eigenvalue weighted by Crippen LogP contribution is 2.33. The van der Waals surface area contributed by atoms with Gasteiger partial charge in [-0.25, -0.2) is 4.57 Å². The molecule has 0 fully saturated rings. The minimum atomic E-state index is 0.690. The van der Waals surface area contributed by atoms with Gasteiger partial charge in [0.1, 0.15) is 7.05 Å². The molecule has 3 aromatic rings. The smallest absolute Gasteiger partial charge is 0.200 e. The van der Waals surface area contributed by atoms with Gasteiger partial charge in [-0.1, -0.05) is 32.0 Å². The highest BCUT2D eigenvalue weighted by molar-refractivity contribution is 5.94. The molecule has 0 saturated carbocycles. The molecule has 1 aromatic heterocycles. The van der Waals surface area contributed by atoms with Crippen molar-refractivity contribution in [2.45, 2.75) is 46.5 Å². The van der Waals surface area contributed by atoms with E-state index in [0.29, 0.717) is 5.92 Å². The molecule has 1 nitrogen and oxygen atoms in total. The SMILES string of the molecule is Cc1cc2c(cc1-c1c3ccc(CC(C)C)cc3cc[n+]1C)CCC2. The molecule has 4 rings (SSSR count). The number of aryl methyl sites for hydroxylation is 4. The average Bonchev–Trinajstić information content (AvgIpc) is 3.01. The molecule has 128 valence electrons. The number of fused-ring (bicyclic) bond motifs is 2. The van der Waals surface area contributed by atoms with E-state index in [1.165, 1.54) is 52.4 Å². The van der Waals surface area contributed by atoms with Crippen molar-refractivity contribution in [1.29, 1.82) is 0 Å². The van der Waals surface area contributed by atoms with Crippen molar-refractivity contribution >= 4 is 10.8 Å². The van der Waals surface area contributed by atoms with Crippen LogP contribution in [0.1, 0.15) is 42.5 Å². The molecule has 1 aliphatic rings. The van der Waals surface area contributed by atoms with E-state index < -0.39 is 0 Å². The summed E-state index contributed by atoms with van der Waals surface area (Å²) in [7, 11) is 2.17. The highest BCUT2D eigenvalue weighted by Gasteiger charge is 2.21. The second kappa shape index (κ2) is 6.29. The minimum Gasteiger partial charge on any atom is -0.200 e. The highest BCUT2D eigenvalue weighted by atomic mass is 14.9. The molecular weight excluding hydrogens is 302 g/mol. The Morgan fingerprint density at radius 1 is 1.00 bits per heavy atom. The average molecular weight is 330 g/mol. The fraction of sp³-hybridized carbons (Fsp3) is 0.375. The van der Waals surface area contributed by atoms with Crippen LogP contribution in [0.4, 0.5) is 0 Å². The first kappa shape index (κ1) is 16.3. The lowest BCUT2D eigenvalue weighted by Gasteiger charge is -2.12. The summed E-state index contributed by atoms with van der Waals surface area (Å²) in [5, 5.41) is 2.71. The van der Waals surface area contributed by atoms with Crippen molar-refractivity contribution in [2.24, 2.45) is 13.0 Å². The van der Waals surface area contributed by atoms with Gasteiger partial charge in [-0.15, -0.1) is 0 Å². The molecule has 0 radical (unpaired) electrons. The number of hydrogen-bond acceptors (Lipinski definition) is 0. The summed E-state index contributed by atoms with van der Waals surface area (Å²) < 4.78 is 2.29. The van der Waals surface area contributed by atoms with E-state index in [2.05, 4.69) is 75.0 Å². The second-order valence-electron chi connectivity index (χ2n) is 8.08. The summed E-state index contributed by atoms with van der Waals surface area (Å²) in [6.07, 6.45) is 7.14. The molecule has 0 amide bonds. The number of hydrogen-bond donors (Lipinski definition) is 0. The van der Waals surface area contributed by atoms with Gasteiger partial charge in [0.05, 0.1) is 5.39 Å². The zero-order chi connectivity index (χ0) is 17.6. The van der Waals surface area contributed by atoms with Gasteiger partial charge in [-0.05, 0) is 78.3 Å². The van der Waals surface area contributed by atoms with Crippen LogP contribution in [0.15, 0.2) is 42.6 Å². The maximum atomic E-state index is 2.45. The zero-order valence-electron chi connectivity index (χ0n) is 15.9. The molecule has 25 heavy (non-hydrogen) atoms. The number of aromatic nitrogens is 1. The van der Waals surface area contributed by atoms with Crippen LogP contribution >= 0.6 is 0 Å². The van der Waals surface area contributed by atoms with Gasteiger partial charge in [0, 0.05) is 11.6 Å². The molecule has 0 aliphatic heterocycles. The predicted molar refractivity (Wildman–Crippen MR) is 106 cm³/mol. The lowest BCUT2D eigenvalue weighted by atomic mass is 9.94. The van der Waals surface area contributed by atoms with E-state index in [1.807, 2.05) is 0 Å². The molecule has 0 saturated heterocycles. The maximum Gasteiger partial charge on any atom is 0.220 e. The fourth-order valence-corrected chi connectivity index (χ4v) is 4.36. The van der Waals surface area contributed by atoms with Crippen LogP contribution < -0.4 is 4.57 Å². The monoisotopic (exact) mass is 330 g/mol. The lowest BCUT2D eigenvalue weighted by molar-refractivity contribution is -0.659. The Morgan fingerprint density at radius 2 is 1.76 bits per heavy atom. The maximum absolute atomic E-state index is 2.45. The van der Waals surface area contributed by atoms with Crippen LogP contribution in [-0.2, 0) is 26.3 Å². The van der Waals surface area contributed by atoms with Crippen molar-refractivity contribution in [1.82, 2.24) is 0 Å².